The van der Waals surface area contributed by atoms with Crippen LogP contribution in [0.3, 0.4) is 0 Å². The highest BCUT2D eigenvalue weighted by atomic mass is 16.2. The Morgan fingerprint density at radius 2 is 1.33 bits per heavy atom. The summed E-state index contributed by atoms with van der Waals surface area (Å²) in [6, 6.07) is 4.58. The second-order valence-corrected chi connectivity index (χ2v) is 4.75. The lowest BCUT2D eigenvalue weighted by molar-refractivity contribution is 0.241. The predicted octanol–water partition coefficient (Wildman–Crippen LogP) is 1.17. The van der Waals surface area contributed by atoms with Gasteiger partial charge in [0.15, 0.2) is 0 Å². The number of pyridine rings is 1. The summed E-state index contributed by atoms with van der Waals surface area (Å²) in [5.74, 6) is 0. The van der Waals surface area contributed by atoms with Crippen molar-refractivity contribution in [2.45, 2.75) is 27.7 Å². The number of hydrazone groups is 2. The van der Waals surface area contributed by atoms with Crippen LogP contribution in [0.5, 0.6) is 0 Å². The fourth-order valence-electron chi connectivity index (χ4n) is 1.62. The van der Waals surface area contributed by atoms with Gasteiger partial charge in [0.1, 0.15) is 0 Å². The van der Waals surface area contributed by atoms with Crippen molar-refractivity contribution in [1.82, 2.24) is 26.5 Å². The molecule has 1 heterocycles. The van der Waals surface area contributed by atoms with Gasteiger partial charge < -0.3 is 10.6 Å². The van der Waals surface area contributed by atoms with E-state index in [4.69, 9.17) is 0 Å². The number of carbonyl (C=O) groups is 2. The number of urea groups is 2. The van der Waals surface area contributed by atoms with Gasteiger partial charge in [-0.3, -0.25) is 0 Å². The van der Waals surface area contributed by atoms with Crippen molar-refractivity contribution in [2.75, 3.05) is 13.1 Å². The molecule has 0 aliphatic carbocycles. The van der Waals surface area contributed by atoms with E-state index in [9.17, 15) is 9.59 Å². The first kappa shape index (κ1) is 19.1. The smallest absolute Gasteiger partial charge is 0.335 e. The quantitative estimate of drug-likeness (QED) is 0.462. The molecule has 4 amide bonds. The van der Waals surface area contributed by atoms with Crippen molar-refractivity contribution >= 4 is 23.5 Å². The highest BCUT2D eigenvalue weighted by Gasteiger charge is 2.05. The summed E-state index contributed by atoms with van der Waals surface area (Å²) >= 11 is 0. The maximum atomic E-state index is 11.3. The van der Waals surface area contributed by atoms with Crippen molar-refractivity contribution in [1.29, 1.82) is 0 Å². The Morgan fingerprint density at radius 3 is 1.71 bits per heavy atom. The van der Waals surface area contributed by atoms with E-state index in [1.54, 1.807) is 32.0 Å². The van der Waals surface area contributed by atoms with E-state index in [1.165, 1.54) is 0 Å². The first-order valence-corrected chi connectivity index (χ1v) is 7.62. The minimum atomic E-state index is -0.378. The molecule has 1 aromatic rings. The van der Waals surface area contributed by atoms with E-state index in [-0.39, 0.29) is 12.1 Å². The highest BCUT2D eigenvalue weighted by Crippen LogP contribution is 2.02. The van der Waals surface area contributed by atoms with E-state index in [1.807, 2.05) is 13.8 Å². The summed E-state index contributed by atoms with van der Waals surface area (Å²) in [6.45, 7) is 8.14. The molecule has 9 heteroatoms. The predicted molar refractivity (Wildman–Crippen MR) is 93.1 cm³/mol. The largest absolute Gasteiger partial charge is 0.337 e. The first-order chi connectivity index (χ1) is 11.5. The summed E-state index contributed by atoms with van der Waals surface area (Å²) in [5, 5.41) is 13.1. The standard InChI is InChI=1S/C15H23N7O2/c1-5-16-14(23)21-19-10(3)12-8-7-9-13(18-12)11(4)20-22-15(24)17-6-2/h7-9H,5-6H2,1-4H3,(H2,16,21,23)(H2,17,22,24)/b19-10+,20-11+. The number of hydrogen-bond donors (Lipinski definition) is 4. The Morgan fingerprint density at radius 1 is 0.917 bits per heavy atom. The van der Waals surface area contributed by atoms with E-state index in [0.717, 1.165) is 0 Å². The molecule has 0 aliphatic heterocycles. The third-order valence-electron chi connectivity index (χ3n) is 2.82. The van der Waals surface area contributed by atoms with Crippen LogP contribution in [0.2, 0.25) is 0 Å². The molecule has 1 rings (SSSR count). The van der Waals surface area contributed by atoms with Gasteiger partial charge in [-0.15, -0.1) is 0 Å². The Kier molecular flexibility index (Phi) is 7.89. The number of rotatable bonds is 6. The van der Waals surface area contributed by atoms with Crippen LogP contribution in [0.15, 0.2) is 28.4 Å². The lowest BCUT2D eigenvalue weighted by Crippen LogP contribution is -2.32. The summed E-state index contributed by atoms with van der Waals surface area (Å²) in [7, 11) is 0. The molecule has 0 bridgehead atoms. The topological polar surface area (TPSA) is 120 Å². The average molecular weight is 333 g/mol. The Balaban J connectivity index is 2.81. The Hall–Kier alpha value is -2.97. The van der Waals surface area contributed by atoms with Crippen LogP contribution in [0, 0.1) is 0 Å². The molecule has 0 unspecified atom stereocenters. The molecular formula is C15H23N7O2. The van der Waals surface area contributed by atoms with Gasteiger partial charge in [0.2, 0.25) is 0 Å². The van der Waals surface area contributed by atoms with Gasteiger partial charge in [-0.25, -0.2) is 25.4 Å². The zero-order chi connectivity index (χ0) is 17.9. The lowest BCUT2D eigenvalue weighted by atomic mass is 10.2. The van der Waals surface area contributed by atoms with Crippen molar-refractivity contribution in [3.8, 4) is 0 Å². The SMILES string of the molecule is CCNC(=O)N/N=C(\C)c1cccc(/C(C)=N/NC(=O)NCC)n1. The molecular weight excluding hydrogens is 310 g/mol. The number of aromatic nitrogens is 1. The number of nitrogens with zero attached hydrogens (tertiary/aromatic N) is 3. The molecule has 1 aromatic heterocycles. The van der Waals surface area contributed by atoms with Crippen LogP contribution in [0.4, 0.5) is 9.59 Å². The van der Waals surface area contributed by atoms with Crippen molar-refractivity contribution in [3.63, 3.8) is 0 Å². The van der Waals surface area contributed by atoms with Crippen molar-refractivity contribution < 1.29 is 9.59 Å². The zero-order valence-corrected chi connectivity index (χ0v) is 14.3. The first-order valence-electron chi connectivity index (χ1n) is 7.62. The van der Waals surface area contributed by atoms with Crippen LogP contribution >= 0.6 is 0 Å². The molecule has 0 aliphatic rings. The molecule has 0 atom stereocenters. The number of nitrogens with one attached hydrogen (secondary N) is 4. The summed E-state index contributed by atoms with van der Waals surface area (Å²) in [5.41, 5.74) is 7.06. The molecule has 0 aromatic carbocycles. The minimum Gasteiger partial charge on any atom is -0.337 e. The lowest BCUT2D eigenvalue weighted by Gasteiger charge is -2.06. The van der Waals surface area contributed by atoms with E-state index < -0.39 is 0 Å². The van der Waals surface area contributed by atoms with E-state index in [0.29, 0.717) is 35.9 Å². The van der Waals surface area contributed by atoms with Gasteiger partial charge in [-0.2, -0.15) is 10.2 Å². The molecule has 0 saturated carbocycles. The third-order valence-corrected chi connectivity index (χ3v) is 2.82. The second kappa shape index (κ2) is 9.93. The van der Waals surface area contributed by atoms with Gasteiger partial charge in [0, 0.05) is 13.1 Å². The highest BCUT2D eigenvalue weighted by molar-refractivity contribution is 6.01. The van der Waals surface area contributed by atoms with E-state index in [2.05, 4.69) is 36.7 Å². The average Bonchev–Trinajstić information content (AvgIpc) is 2.58. The maximum absolute atomic E-state index is 11.3. The molecule has 0 spiro atoms. The van der Waals surface area contributed by atoms with Gasteiger partial charge in [-0.1, -0.05) is 6.07 Å². The molecule has 0 fully saturated rings. The fraction of sp³-hybridized carbons (Fsp3) is 0.400. The maximum Gasteiger partial charge on any atom is 0.335 e. The number of hydrogen-bond acceptors (Lipinski definition) is 5. The van der Waals surface area contributed by atoms with Gasteiger partial charge in [-0.05, 0) is 39.8 Å². The number of amides is 4. The van der Waals surface area contributed by atoms with Crippen LogP contribution in [-0.4, -0.2) is 41.6 Å². The molecule has 0 saturated heterocycles. The molecule has 9 nitrogen and oxygen atoms in total. The van der Waals surface area contributed by atoms with Gasteiger partial charge in [0.25, 0.3) is 0 Å². The number of carbonyl (C=O) groups excluding carboxylic acids is 2. The summed E-state index contributed by atoms with van der Waals surface area (Å²) in [4.78, 5) is 27.1. The fourth-order valence-corrected chi connectivity index (χ4v) is 1.62. The van der Waals surface area contributed by atoms with Crippen molar-refractivity contribution in [3.05, 3.63) is 29.6 Å². The third kappa shape index (κ3) is 6.42. The van der Waals surface area contributed by atoms with Crippen LogP contribution in [0.25, 0.3) is 0 Å². The Labute approximate surface area is 141 Å². The van der Waals surface area contributed by atoms with Gasteiger partial charge in [0.05, 0.1) is 22.8 Å². The second-order valence-electron chi connectivity index (χ2n) is 4.75. The molecule has 4 N–H and O–H groups in total. The monoisotopic (exact) mass is 333 g/mol. The van der Waals surface area contributed by atoms with Crippen LogP contribution in [-0.2, 0) is 0 Å². The van der Waals surface area contributed by atoms with Crippen LogP contribution in [0.1, 0.15) is 39.1 Å². The molecule has 130 valence electrons. The zero-order valence-electron chi connectivity index (χ0n) is 14.3. The summed E-state index contributed by atoms with van der Waals surface area (Å²) < 4.78 is 0. The Bertz CT molecular complexity index is 589. The molecule has 24 heavy (non-hydrogen) atoms. The van der Waals surface area contributed by atoms with Crippen molar-refractivity contribution in [2.24, 2.45) is 10.2 Å². The normalized spacial score (nSPS) is 11.7. The van der Waals surface area contributed by atoms with Gasteiger partial charge >= 0.3 is 12.1 Å². The van der Waals surface area contributed by atoms with E-state index >= 15 is 0 Å². The van der Waals surface area contributed by atoms with Crippen LogP contribution < -0.4 is 21.5 Å². The minimum absolute atomic E-state index is 0.378. The summed E-state index contributed by atoms with van der Waals surface area (Å²) in [6.07, 6.45) is 0. The molecule has 0 radical (unpaired) electrons.